The largest absolute Gasteiger partial charge is 0.426 e. The summed E-state index contributed by atoms with van der Waals surface area (Å²) in [4.78, 5) is 26.1. The molecule has 8 heteroatoms. The van der Waals surface area contributed by atoms with Crippen LogP contribution in [0.4, 0.5) is 4.79 Å². The van der Waals surface area contributed by atoms with Crippen molar-refractivity contribution in [2.24, 2.45) is 0 Å². The maximum absolute atomic E-state index is 11.9. The van der Waals surface area contributed by atoms with Crippen molar-refractivity contribution in [2.45, 2.75) is 38.6 Å². The molecule has 1 unspecified atom stereocenters. The smallest absolute Gasteiger partial charge is 0.351 e. The summed E-state index contributed by atoms with van der Waals surface area (Å²) in [6.45, 7) is 5.17. The summed E-state index contributed by atoms with van der Waals surface area (Å²) in [7, 11) is 0. The lowest BCUT2D eigenvalue weighted by Crippen LogP contribution is -2.41. The number of hydroxylamine groups is 2. The van der Waals surface area contributed by atoms with Crippen LogP contribution in [0, 0.1) is 0 Å². The average molecular weight is 354 g/mol. The molecule has 8 nitrogen and oxygen atoms in total. The summed E-state index contributed by atoms with van der Waals surface area (Å²) < 4.78 is 0. The number of aromatic amines is 1. The number of hydrogen-bond acceptors (Lipinski definition) is 6. The van der Waals surface area contributed by atoms with E-state index in [-0.39, 0.29) is 12.0 Å². The number of H-pyrrole nitrogens is 1. The quantitative estimate of drug-likeness (QED) is 0.751. The SMILES string of the molecule is CC(C)NC(=O)ON1CCCC(c2[nH]ncc3cnc4nccc4c23)C1. The molecule has 0 saturated carbocycles. The number of aromatic nitrogens is 4. The monoisotopic (exact) mass is 354 g/mol. The van der Waals surface area contributed by atoms with Crippen molar-refractivity contribution in [3.8, 4) is 0 Å². The average Bonchev–Trinajstić information content (AvgIpc) is 3.09. The Morgan fingerprint density at radius 1 is 1.38 bits per heavy atom. The molecule has 1 amide bonds. The van der Waals surface area contributed by atoms with Crippen molar-refractivity contribution < 1.29 is 9.63 Å². The van der Waals surface area contributed by atoms with E-state index in [9.17, 15) is 4.79 Å². The molecule has 2 N–H and O–H groups in total. The third-order valence-electron chi connectivity index (χ3n) is 4.63. The highest BCUT2D eigenvalue weighted by molar-refractivity contribution is 6.05. The van der Waals surface area contributed by atoms with Crippen LogP contribution >= 0.6 is 0 Å². The summed E-state index contributed by atoms with van der Waals surface area (Å²) in [5, 5.41) is 15.1. The van der Waals surface area contributed by atoms with Gasteiger partial charge >= 0.3 is 6.09 Å². The lowest BCUT2D eigenvalue weighted by atomic mass is 9.92. The fraction of sp³-hybridized carbons (Fsp3) is 0.444. The van der Waals surface area contributed by atoms with E-state index in [1.165, 1.54) is 0 Å². The van der Waals surface area contributed by atoms with Gasteiger partial charge < -0.3 is 10.2 Å². The second-order valence-electron chi connectivity index (χ2n) is 6.96. The van der Waals surface area contributed by atoms with Gasteiger partial charge in [-0.25, -0.2) is 14.8 Å². The Balaban J connectivity index is 1.63. The number of carbonyl (C=O) groups excluding carboxylic acids is 1. The summed E-state index contributed by atoms with van der Waals surface area (Å²) in [6.07, 6.45) is 6.90. The number of piperidine rings is 1. The normalized spacial score (nSPS) is 18.5. The van der Waals surface area contributed by atoms with Crippen molar-refractivity contribution in [2.75, 3.05) is 13.1 Å². The second kappa shape index (κ2) is 6.87. The van der Waals surface area contributed by atoms with Crippen molar-refractivity contribution in [3.05, 3.63) is 30.4 Å². The van der Waals surface area contributed by atoms with Gasteiger partial charge in [0.05, 0.1) is 6.20 Å². The molecule has 1 fully saturated rings. The van der Waals surface area contributed by atoms with Gasteiger partial charge in [-0.15, -0.1) is 5.06 Å². The van der Waals surface area contributed by atoms with Crippen LogP contribution in [0.5, 0.6) is 0 Å². The maximum Gasteiger partial charge on any atom is 0.426 e. The van der Waals surface area contributed by atoms with E-state index in [1.807, 2.05) is 26.1 Å². The van der Waals surface area contributed by atoms with Gasteiger partial charge in [0.1, 0.15) is 0 Å². The van der Waals surface area contributed by atoms with E-state index in [0.717, 1.165) is 46.9 Å². The Labute approximate surface area is 150 Å². The van der Waals surface area contributed by atoms with Gasteiger partial charge in [0.25, 0.3) is 0 Å². The molecule has 0 aliphatic carbocycles. The second-order valence-corrected chi connectivity index (χ2v) is 6.96. The number of amides is 1. The Kier molecular flexibility index (Phi) is 4.42. The Morgan fingerprint density at radius 3 is 3.12 bits per heavy atom. The molecule has 4 heterocycles. The van der Waals surface area contributed by atoms with Crippen LogP contribution in [0.3, 0.4) is 0 Å². The van der Waals surface area contributed by atoms with E-state index in [2.05, 4.69) is 25.5 Å². The van der Waals surface area contributed by atoms with Crippen molar-refractivity contribution in [1.82, 2.24) is 30.5 Å². The van der Waals surface area contributed by atoms with Gasteiger partial charge in [-0.2, -0.15) is 5.10 Å². The van der Waals surface area contributed by atoms with Crippen LogP contribution in [0.2, 0.25) is 0 Å². The Morgan fingerprint density at radius 2 is 2.27 bits per heavy atom. The van der Waals surface area contributed by atoms with Crippen LogP contribution < -0.4 is 5.32 Å². The molecule has 1 atom stereocenters. The lowest BCUT2D eigenvalue weighted by molar-refractivity contribution is -0.116. The Hall–Kier alpha value is -2.74. The summed E-state index contributed by atoms with van der Waals surface area (Å²) in [5.74, 6) is 0.187. The van der Waals surface area contributed by atoms with Gasteiger partial charge in [-0.1, -0.05) is 0 Å². The van der Waals surface area contributed by atoms with Gasteiger partial charge in [0, 0.05) is 59.3 Å². The number of nitrogens with one attached hydrogen (secondary N) is 2. The minimum atomic E-state index is -0.410. The molecule has 0 spiro atoms. The zero-order valence-corrected chi connectivity index (χ0v) is 14.9. The molecular formula is C18H22N6O2. The topological polar surface area (TPSA) is 96.0 Å². The van der Waals surface area contributed by atoms with E-state index < -0.39 is 6.09 Å². The van der Waals surface area contributed by atoms with Crippen molar-refractivity contribution in [1.29, 1.82) is 0 Å². The minimum Gasteiger partial charge on any atom is -0.351 e. The molecule has 3 aromatic rings. The minimum absolute atomic E-state index is 0.0457. The molecule has 0 aromatic carbocycles. The fourth-order valence-corrected chi connectivity index (χ4v) is 3.54. The third-order valence-corrected chi connectivity index (χ3v) is 4.63. The number of fused-ring (bicyclic) bond motifs is 3. The van der Waals surface area contributed by atoms with Gasteiger partial charge in [0.2, 0.25) is 0 Å². The van der Waals surface area contributed by atoms with Crippen molar-refractivity contribution >= 4 is 27.9 Å². The number of nitrogens with zero attached hydrogens (tertiary/aromatic N) is 4. The molecule has 1 aliphatic rings. The van der Waals surface area contributed by atoms with Gasteiger partial charge in [0.15, 0.2) is 5.65 Å². The van der Waals surface area contributed by atoms with Gasteiger partial charge in [-0.05, 0) is 32.8 Å². The van der Waals surface area contributed by atoms with Crippen LogP contribution in [0.15, 0.2) is 24.7 Å². The van der Waals surface area contributed by atoms with E-state index in [0.29, 0.717) is 6.54 Å². The van der Waals surface area contributed by atoms with Crippen LogP contribution in [-0.2, 0) is 4.84 Å². The molecule has 3 aromatic heterocycles. The lowest BCUT2D eigenvalue weighted by Gasteiger charge is -2.31. The summed E-state index contributed by atoms with van der Waals surface area (Å²) >= 11 is 0. The fourth-order valence-electron chi connectivity index (χ4n) is 3.54. The molecule has 1 saturated heterocycles. The number of pyridine rings is 1. The van der Waals surface area contributed by atoms with Crippen LogP contribution in [0.25, 0.3) is 21.8 Å². The first-order chi connectivity index (χ1) is 12.6. The van der Waals surface area contributed by atoms with Crippen LogP contribution in [0.1, 0.15) is 38.3 Å². The molecule has 4 rings (SSSR count). The maximum atomic E-state index is 11.9. The highest BCUT2D eigenvalue weighted by Crippen LogP contribution is 2.33. The van der Waals surface area contributed by atoms with E-state index in [4.69, 9.17) is 4.84 Å². The molecule has 26 heavy (non-hydrogen) atoms. The molecule has 0 bridgehead atoms. The summed E-state index contributed by atoms with van der Waals surface area (Å²) in [6, 6.07) is 2.03. The standard InChI is InChI=1S/C18H22N6O2/c1-11(2)22-18(25)26-24-7-3-4-12(10-24)16-15-13(9-21-23-16)8-20-17-14(15)5-6-19-17/h5-6,8-9,11-12,23H,3-4,7,10H2,1-2H3,(H,22,25). The van der Waals surface area contributed by atoms with Crippen molar-refractivity contribution in [3.63, 3.8) is 0 Å². The predicted octanol–water partition coefficient (Wildman–Crippen LogP) is 2.74. The first kappa shape index (κ1) is 16.7. The highest BCUT2D eigenvalue weighted by atomic mass is 16.7. The molecular weight excluding hydrogens is 332 g/mol. The van der Waals surface area contributed by atoms with Gasteiger partial charge in [-0.3, -0.25) is 5.10 Å². The third kappa shape index (κ3) is 3.20. The zero-order valence-electron chi connectivity index (χ0n) is 14.9. The Bertz CT molecular complexity index is 938. The first-order valence-electron chi connectivity index (χ1n) is 8.92. The molecule has 1 aliphatic heterocycles. The molecule has 0 radical (unpaired) electrons. The zero-order chi connectivity index (χ0) is 18.1. The highest BCUT2D eigenvalue weighted by Gasteiger charge is 2.27. The molecule has 136 valence electrons. The summed E-state index contributed by atoms with van der Waals surface area (Å²) in [5.41, 5.74) is 1.78. The number of hydrogen-bond donors (Lipinski definition) is 2. The van der Waals surface area contributed by atoms with E-state index >= 15 is 0 Å². The van der Waals surface area contributed by atoms with Crippen LogP contribution in [-0.4, -0.2) is 50.5 Å². The number of rotatable bonds is 3. The number of carbonyl (C=O) groups is 1. The first-order valence-corrected chi connectivity index (χ1v) is 8.92. The predicted molar refractivity (Wildman–Crippen MR) is 97.5 cm³/mol. The van der Waals surface area contributed by atoms with E-state index in [1.54, 1.807) is 17.5 Å².